The summed E-state index contributed by atoms with van der Waals surface area (Å²) in [5.74, 6) is 0.558. The number of hydrogen-bond acceptors (Lipinski definition) is 3. The Labute approximate surface area is 165 Å². The fraction of sp³-hybridized carbons (Fsp3) is 0.409. The molecule has 0 heterocycles. The molecule has 0 bridgehead atoms. The second-order valence-electron chi connectivity index (χ2n) is 7.12. The molecule has 0 radical (unpaired) electrons. The van der Waals surface area contributed by atoms with Crippen LogP contribution in [0, 0.1) is 0 Å². The average Bonchev–Trinajstić information content (AvgIpc) is 2.71. The fourth-order valence-corrected chi connectivity index (χ4v) is 3.81. The third-order valence-corrected chi connectivity index (χ3v) is 5.41. The van der Waals surface area contributed by atoms with Crippen LogP contribution in [0.4, 0.5) is 0 Å². The molecule has 1 aliphatic carbocycles. The van der Waals surface area contributed by atoms with Crippen LogP contribution in [0.15, 0.2) is 42.5 Å². The standard InChI is InChI=1S/C22H26ClNO3/c1-24(20-8-3-2-4-9-20)22(26)15-27-21-12-18(11-19(23)13-21)17-7-5-6-16(10-17)14-25/h5-7,10-13,20,25H,2-4,8-9,14-15H2,1H3. The number of aliphatic hydroxyl groups excluding tert-OH is 1. The van der Waals surface area contributed by atoms with Crippen molar-refractivity contribution in [2.45, 2.75) is 44.8 Å². The molecule has 0 saturated heterocycles. The number of nitrogens with zero attached hydrogens (tertiary/aromatic N) is 1. The first kappa shape index (κ1) is 19.7. The van der Waals surface area contributed by atoms with Gasteiger partial charge in [-0.2, -0.15) is 0 Å². The van der Waals surface area contributed by atoms with Gasteiger partial charge in [0.25, 0.3) is 5.91 Å². The quantitative estimate of drug-likeness (QED) is 0.783. The van der Waals surface area contributed by atoms with Gasteiger partial charge in [0.05, 0.1) is 6.61 Å². The molecule has 0 aliphatic heterocycles. The van der Waals surface area contributed by atoms with Crippen LogP contribution in [-0.4, -0.2) is 35.6 Å². The van der Waals surface area contributed by atoms with E-state index in [1.807, 2.05) is 48.3 Å². The van der Waals surface area contributed by atoms with E-state index in [9.17, 15) is 9.90 Å². The zero-order chi connectivity index (χ0) is 19.2. The Morgan fingerprint density at radius 2 is 1.93 bits per heavy atom. The van der Waals surface area contributed by atoms with Crippen molar-refractivity contribution >= 4 is 17.5 Å². The van der Waals surface area contributed by atoms with E-state index >= 15 is 0 Å². The average molecular weight is 388 g/mol. The van der Waals surface area contributed by atoms with E-state index in [1.165, 1.54) is 19.3 Å². The molecule has 0 atom stereocenters. The van der Waals surface area contributed by atoms with Crippen molar-refractivity contribution in [2.24, 2.45) is 0 Å². The van der Waals surface area contributed by atoms with Gasteiger partial charge in [-0.1, -0.05) is 49.1 Å². The summed E-state index contributed by atoms with van der Waals surface area (Å²) in [6, 6.07) is 13.4. The number of carbonyl (C=O) groups excluding carboxylic acids is 1. The van der Waals surface area contributed by atoms with E-state index in [0.29, 0.717) is 16.8 Å². The Kier molecular flexibility index (Phi) is 6.75. The highest BCUT2D eigenvalue weighted by Gasteiger charge is 2.22. The summed E-state index contributed by atoms with van der Waals surface area (Å²) in [4.78, 5) is 14.3. The minimum Gasteiger partial charge on any atom is -0.484 e. The second-order valence-corrected chi connectivity index (χ2v) is 7.56. The van der Waals surface area contributed by atoms with Crippen LogP contribution >= 0.6 is 11.6 Å². The Bertz CT molecular complexity index is 787. The monoisotopic (exact) mass is 387 g/mol. The highest BCUT2D eigenvalue weighted by Crippen LogP contribution is 2.29. The smallest absolute Gasteiger partial charge is 0.260 e. The first-order valence-corrected chi connectivity index (χ1v) is 9.84. The number of amides is 1. The van der Waals surface area contributed by atoms with E-state index in [1.54, 1.807) is 6.07 Å². The molecule has 2 aromatic rings. The Morgan fingerprint density at radius 1 is 1.15 bits per heavy atom. The normalized spacial score (nSPS) is 14.8. The summed E-state index contributed by atoms with van der Waals surface area (Å²) in [6.07, 6.45) is 5.79. The molecule has 5 heteroatoms. The zero-order valence-electron chi connectivity index (χ0n) is 15.7. The molecule has 2 aromatic carbocycles. The van der Waals surface area contributed by atoms with Crippen LogP contribution in [0.25, 0.3) is 11.1 Å². The molecule has 0 aromatic heterocycles. The summed E-state index contributed by atoms with van der Waals surface area (Å²) < 4.78 is 5.75. The van der Waals surface area contributed by atoms with Gasteiger partial charge in [-0.25, -0.2) is 0 Å². The van der Waals surface area contributed by atoms with Crippen molar-refractivity contribution in [3.8, 4) is 16.9 Å². The van der Waals surface area contributed by atoms with E-state index in [2.05, 4.69) is 0 Å². The van der Waals surface area contributed by atoms with Crippen LogP contribution in [-0.2, 0) is 11.4 Å². The predicted octanol–water partition coefficient (Wildman–Crippen LogP) is 4.67. The summed E-state index contributed by atoms with van der Waals surface area (Å²) in [5.41, 5.74) is 2.67. The number of likely N-dealkylation sites (N-methyl/N-ethyl adjacent to an activating group) is 1. The van der Waals surface area contributed by atoms with Crippen LogP contribution in [0.1, 0.15) is 37.7 Å². The van der Waals surface area contributed by atoms with Gasteiger partial charge in [-0.3, -0.25) is 4.79 Å². The van der Waals surface area contributed by atoms with Gasteiger partial charge in [-0.15, -0.1) is 0 Å². The van der Waals surface area contributed by atoms with E-state index < -0.39 is 0 Å². The molecule has 1 N–H and O–H groups in total. The van der Waals surface area contributed by atoms with Gasteiger partial charge in [0, 0.05) is 18.1 Å². The number of benzene rings is 2. The van der Waals surface area contributed by atoms with Crippen LogP contribution in [0.3, 0.4) is 0 Å². The van der Waals surface area contributed by atoms with Gasteiger partial charge in [0.15, 0.2) is 6.61 Å². The van der Waals surface area contributed by atoms with Crippen molar-refractivity contribution in [1.82, 2.24) is 4.90 Å². The van der Waals surface area contributed by atoms with Crippen molar-refractivity contribution in [2.75, 3.05) is 13.7 Å². The summed E-state index contributed by atoms with van der Waals surface area (Å²) >= 11 is 6.25. The number of hydrogen-bond donors (Lipinski definition) is 1. The Balaban J connectivity index is 1.68. The number of halogens is 1. The number of rotatable bonds is 6. The molecule has 27 heavy (non-hydrogen) atoms. The molecule has 4 nitrogen and oxygen atoms in total. The third-order valence-electron chi connectivity index (χ3n) is 5.19. The summed E-state index contributed by atoms with van der Waals surface area (Å²) in [7, 11) is 1.87. The van der Waals surface area contributed by atoms with E-state index in [4.69, 9.17) is 16.3 Å². The van der Waals surface area contributed by atoms with Crippen LogP contribution < -0.4 is 4.74 Å². The molecule has 3 rings (SSSR count). The maximum absolute atomic E-state index is 12.5. The van der Waals surface area contributed by atoms with Gasteiger partial charge in [0.1, 0.15) is 5.75 Å². The first-order valence-electron chi connectivity index (χ1n) is 9.46. The Morgan fingerprint density at radius 3 is 2.67 bits per heavy atom. The van der Waals surface area contributed by atoms with Gasteiger partial charge >= 0.3 is 0 Å². The molecular weight excluding hydrogens is 362 g/mol. The lowest BCUT2D eigenvalue weighted by molar-refractivity contribution is -0.134. The minimum atomic E-state index is -0.0141. The zero-order valence-corrected chi connectivity index (χ0v) is 16.4. The number of aliphatic hydroxyl groups is 1. The maximum Gasteiger partial charge on any atom is 0.260 e. The molecule has 1 fully saturated rings. The van der Waals surface area contributed by atoms with Gasteiger partial charge < -0.3 is 14.7 Å². The minimum absolute atomic E-state index is 0.00343. The fourth-order valence-electron chi connectivity index (χ4n) is 3.58. The van der Waals surface area contributed by atoms with Gasteiger partial charge in [-0.05, 0) is 53.8 Å². The van der Waals surface area contributed by atoms with Crippen molar-refractivity contribution in [1.29, 1.82) is 0 Å². The number of carbonyl (C=O) groups is 1. The molecule has 1 saturated carbocycles. The molecular formula is C22H26ClNO3. The van der Waals surface area contributed by atoms with Crippen LogP contribution in [0.2, 0.25) is 5.02 Å². The lowest BCUT2D eigenvalue weighted by Gasteiger charge is -2.31. The molecule has 144 valence electrons. The lowest BCUT2D eigenvalue weighted by Crippen LogP contribution is -2.40. The first-order chi connectivity index (χ1) is 13.1. The molecule has 0 unspecified atom stereocenters. The summed E-state index contributed by atoms with van der Waals surface area (Å²) in [5, 5.41) is 9.88. The second kappa shape index (κ2) is 9.25. The van der Waals surface area contributed by atoms with E-state index in [-0.39, 0.29) is 19.1 Å². The molecule has 1 amide bonds. The van der Waals surface area contributed by atoms with E-state index in [0.717, 1.165) is 29.5 Å². The third kappa shape index (κ3) is 5.24. The highest BCUT2D eigenvalue weighted by atomic mass is 35.5. The number of ether oxygens (including phenoxy) is 1. The van der Waals surface area contributed by atoms with Crippen LogP contribution in [0.5, 0.6) is 5.75 Å². The Hall–Kier alpha value is -2.04. The van der Waals surface area contributed by atoms with Gasteiger partial charge in [0.2, 0.25) is 0 Å². The maximum atomic E-state index is 12.5. The lowest BCUT2D eigenvalue weighted by atomic mass is 9.94. The topological polar surface area (TPSA) is 49.8 Å². The van der Waals surface area contributed by atoms with Crippen molar-refractivity contribution < 1.29 is 14.6 Å². The molecule has 1 aliphatic rings. The predicted molar refractivity (Wildman–Crippen MR) is 108 cm³/mol. The van der Waals surface area contributed by atoms with Crippen molar-refractivity contribution in [3.63, 3.8) is 0 Å². The SMILES string of the molecule is CN(C(=O)COc1cc(Cl)cc(-c2cccc(CO)c2)c1)C1CCCCC1. The highest BCUT2D eigenvalue weighted by molar-refractivity contribution is 6.31. The summed E-state index contributed by atoms with van der Waals surface area (Å²) in [6.45, 7) is -0.0107. The largest absolute Gasteiger partial charge is 0.484 e. The van der Waals surface area contributed by atoms with Crippen molar-refractivity contribution in [3.05, 3.63) is 53.1 Å². The molecule has 0 spiro atoms.